The van der Waals surface area contributed by atoms with E-state index in [1.165, 1.54) is 16.3 Å². The van der Waals surface area contributed by atoms with Gasteiger partial charge in [-0.15, -0.1) is 0 Å². The van der Waals surface area contributed by atoms with Crippen LogP contribution < -0.4 is 11.0 Å². The summed E-state index contributed by atoms with van der Waals surface area (Å²) in [6.45, 7) is 6.29. The van der Waals surface area contributed by atoms with E-state index >= 15 is 0 Å². The average molecular weight is 338 g/mol. The summed E-state index contributed by atoms with van der Waals surface area (Å²) in [6.07, 6.45) is 3.20. The van der Waals surface area contributed by atoms with E-state index in [0.29, 0.717) is 11.9 Å². The van der Waals surface area contributed by atoms with Crippen molar-refractivity contribution in [3.05, 3.63) is 52.7 Å². The fourth-order valence-electron chi connectivity index (χ4n) is 3.49. The van der Waals surface area contributed by atoms with Gasteiger partial charge in [0.1, 0.15) is 0 Å². The molecule has 7 nitrogen and oxygen atoms in total. The van der Waals surface area contributed by atoms with Crippen LogP contribution in [0.4, 0.5) is 0 Å². The third-order valence-electron chi connectivity index (χ3n) is 4.70. The summed E-state index contributed by atoms with van der Waals surface area (Å²) in [6, 6.07) is 8.61. The number of nitrogens with one attached hydrogen (secondary N) is 1. The Balaban J connectivity index is 1.69. The molecule has 0 amide bonds. The lowest BCUT2D eigenvalue weighted by atomic mass is 10.1. The number of hydrogen-bond acceptors (Lipinski definition) is 5. The molecule has 0 bridgehead atoms. The first-order valence-electron chi connectivity index (χ1n) is 8.57. The molecule has 0 saturated carbocycles. The molecule has 3 aromatic rings. The number of aryl methyl sites for hydroxylation is 1. The molecule has 1 saturated heterocycles. The largest absolute Gasteiger partial charge is 0.353 e. The van der Waals surface area contributed by atoms with Gasteiger partial charge in [0.05, 0.1) is 5.52 Å². The number of benzene rings is 1. The van der Waals surface area contributed by atoms with Crippen molar-refractivity contribution >= 4 is 10.9 Å². The number of rotatable bonds is 3. The van der Waals surface area contributed by atoms with Crippen molar-refractivity contribution in [3.63, 3.8) is 0 Å². The predicted octanol–water partition coefficient (Wildman–Crippen LogP) is 0.913. The minimum atomic E-state index is -0.318. The average Bonchev–Trinajstić information content (AvgIpc) is 2.92. The van der Waals surface area contributed by atoms with Gasteiger partial charge in [0.25, 0.3) is 0 Å². The monoisotopic (exact) mass is 338 g/mol. The molecule has 0 spiro atoms. The second-order valence-corrected chi connectivity index (χ2v) is 6.66. The smallest absolute Gasteiger partial charge is 0.312 e. The molecule has 0 unspecified atom stereocenters. The Hall–Kier alpha value is -2.51. The number of aromatic nitrogens is 4. The molecule has 1 fully saturated rings. The number of nitrogens with zero attached hydrogens (tertiary/aromatic N) is 5. The molecular formula is C18H22N6O. The zero-order valence-electron chi connectivity index (χ0n) is 14.5. The van der Waals surface area contributed by atoms with Crippen LogP contribution >= 0.6 is 0 Å². The quantitative estimate of drug-likeness (QED) is 0.769. The molecule has 7 heteroatoms. The van der Waals surface area contributed by atoms with Gasteiger partial charge in [-0.25, -0.2) is 14.3 Å². The fraction of sp³-hybridized carbons (Fsp3) is 0.389. The highest BCUT2D eigenvalue weighted by Gasteiger charge is 2.17. The molecular weight excluding hydrogens is 316 g/mol. The van der Waals surface area contributed by atoms with Crippen molar-refractivity contribution in [3.8, 4) is 5.82 Å². The molecule has 3 heterocycles. The Morgan fingerprint density at radius 3 is 3.04 bits per heavy atom. The minimum absolute atomic E-state index is 0.318. The zero-order chi connectivity index (χ0) is 17.4. The Kier molecular flexibility index (Phi) is 4.10. The topological polar surface area (TPSA) is 68.0 Å². The normalized spacial score (nSPS) is 18.7. The van der Waals surface area contributed by atoms with Gasteiger partial charge in [-0.2, -0.15) is 5.10 Å². The van der Waals surface area contributed by atoms with Crippen LogP contribution in [0.15, 0.2) is 41.5 Å². The van der Waals surface area contributed by atoms with Gasteiger partial charge in [-0.3, -0.25) is 9.58 Å². The molecule has 1 aliphatic heterocycles. The summed E-state index contributed by atoms with van der Waals surface area (Å²) in [4.78, 5) is 18.3. The van der Waals surface area contributed by atoms with Crippen LogP contribution in [0.2, 0.25) is 0 Å². The maximum absolute atomic E-state index is 12.0. The molecule has 1 N–H and O–H groups in total. The van der Waals surface area contributed by atoms with Gasteiger partial charge in [0.15, 0.2) is 5.82 Å². The highest BCUT2D eigenvalue weighted by Crippen LogP contribution is 2.22. The Morgan fingerprint density at radius 2 is 2.24 bits per heavy atom. The van der Waals surface area contributed by atoms with Gasteiger partial charge < -0.3 is 5.32 Å². The van der Waals surface area contributed by atoms with Crippen LogP contribution in [0, 0.1) is 0 Å². The van der Waals surface area contributed by atoms with Gasteiger partial charge in [-0.05, 0) is 30.7 Å². The van der Waals surface area contributed by atoms with Crippen LogP contribution in [0.5, 0.6) is 0 Å². The van der Waals surface area contributed by atoms with Gasteiger partial charge in [-0.1, -0.05) is 6.07 Å². The van der Waals surface area contributed by atoms with E-state index in [1.54, 1.807) is 12.3 Å². The van der Waals surface area contributed by atoms with Crippen molar-refractivity contribution in [2.75, 3.05) is 19.6 Å². The molecule has 130 valence electrons. The molecule has 25 heavy (non-hydrogen) atoms. The molecule has 4 rings (SSSR count). The number of piperazine rings is 1. The Labute approximate surface area is 145 Å². The van der Waals surface area contributed by atoms with Crippen LogP contribution in [-0.4, -0.2) is 49.9 Å². The summed E-state index contributed by atoms with van der Waals surface area (Å²) < 4.78 is 3.31. The Morgan fingerprint density at radius 1 is 1.36 bits per heavy atom. The highest BCUT2D eigenvalue weighted by molar-refractivity contribution is 5.87. The van der Waals surface area contributed by atoms with Crippen molar-refractivity contribution in [1.82, 2.24) is 29.5 Å². The first kappa shape index (κ1) is 16.0. The third-order valence-corrected chi connectivity index (χ3v) is 4.70. The SMILES string of the molecule is C[C@H]1CN(Cc2ccc3c(-n4cccnc4=O)nn(C)c3c2)CCN1. The lowest BCUT2D eigenvalue weighted by Crippen LogP contribution is -2.48. The Bertz CT molecular complexity index is 960. The maximum atomic E-state index is 12.0. The summed E-state index contributed by atoms with van der Waals surface area (Å²) in [5, 5.41) is 8.96. The summed E-state index contributed by atoms with van der Waals surface area (Å²) >= 11 is 0. The van der Waals surface area contributed by atoms with E-state index in [4.69, 9.17) is 0 Å². The summed E-state index contributed by atoms with van der Waals surface area (Å²) in [5.74, 6) is 0.623. The van der Waals surface area contributed by atoms with Crippen molar-refractivity contribution in [1.29, 1.82) is 0 Å². The molecule has 1 aromatic carbocycles. The molecule has 1 atom stereocenters. The lowest BCUT2D eigenvalue weighted by molar-refractivity contribution is 0.200. The highest BCUT2D eigenvalue weighted by atomic mass is 16.1. The van der Waals surface area contributed by atoms with E-state index in [-0.39, 0.29) is 5.69 Å². The molecule has 2 aromatic heterocycles. The second-order valence-electron chi connectivity index (χ2n) is 6.66. The van der Waals surface area contributed by atoms with Crippen LogP contribution in [0.25, 0.3) is 16.7 Å². The van der Waals surface area contributed by atoms with Gasteiger partial charge in [0.2, 0.25) is 0 Å². The van der Waals surface area contributed by atoms with Crippen molar-refractivity contribution < 1.29 is 0 Å². The predicted molar refractivity (Wildman–Crippen MR) is 96.8 cm³/mol. The molecule has 1 aliphatic rings. The summed E-state index contributed by atoms with van der Waals surface area (Å²) in [7, 11) is 1.91. The molecule has 0 aliphatic carbocycles. The zero-order valence-corrected chi connectivity index (χ0v) is 14.5. The maximum Gasteiger partial charge on any atom is 0.353 e. The van der Waals surface area contributed by atoms with Gasteiger partial charge >= 0.3 is 5.69 Å². The van der Waals surface area contributed by atoms with Gasteiger partial charge in [0, 0.05) is 57.0 Å². The van der Waals surface area contributed by atoms with E-state index in [9.17, 15) is 4.79 Å². The first-order chi connectivity index (χ1) is 12.1. The standard InChI is InChI=1S/C18H22N6O/c1-13-11-23(9-7-19-13)12-14-4-5-15-16(10-14)22(2)21-17(15)24-8-3-6-20-18(24)25/h3-6,8,10,13,19H,7,9,11-12H2,1-2H3/t13-/m0/s1. The third kappa shape index (κ3) is 3.08. The summed E-state index contributed by atoms with van der Waals surface area (Å²) in [5.41, 5.74) is 1.96. The van der Waals surface area contributed by atoms with Crippen LogP contribution in [0.1, 0.15) is 12.5 Å². The van der Waals surface area contributed by atoms with Crippen LogP contribution in [0.3, 0.4) is 0 Å². The first-order valence-corrected chi connectivity index (χ1v) is 8.57. The minimum Gasteiger partial charge on any atom is -0.312 e. The van der Waals surface area contributed by atoms with Crippen molar-refractivity contribution in [2.24, 2.45) is 7.05 Å². The van der Waals surface area contributed by atoms with Crippen LogP contribution in [-0.2, 0) is 13.6 Å². The lowest BCUT2D eigenvalue weighted by Gasteiger charge is -2.31. The van der Waals surface area contributed by atoms with E-state index < -0.39 is 0 Å². The fourth-order valence-corrected chi connectivity index (χ4v) is 3.49. The van der Waals surface area contributed by atoms with E-state index in [1.807, 2.05) is 11.7 Å². The van der Waals surface area contributed by atoms with E-state index in [0.717, 1.165) is 37.1 Å². The molecule has 0 radical (unpaired) electrons. The number of fused-ring (bicyclic) bond motifs is 1. The second kappa shape index (κ2) is 6.42. The van der Waals surface area contributed by atoms with E-state index in [2.05, 4.69) is 45.4 Å². The number of hydrogen-bond donors (Lipinski definition) is 1. The van der Waals surface area contributed by atoms with Crippen molar-refractivity contribution in [2.45, 2.75) is 19.5 Å².